The number of amidine groups is 1. The van der Waals surface area contributed by atoms with Gasteiger partial charge in [-0.15, -0.1) is 11.8 Å². The quantitative estimate of drug-likeness (QED) is 0.351. The van der Waals surface area contributed by atoms with Crippen molar-refractivity contribution in [2.75, 3.05) is 5.75 Å². The van der Waals surface area contributed by atoms with Crippen LogP contribution in [0.3, 0.4) is 0 Å². The summed E-state index contributed by atoms with van der Waals surface area (Å²) in [5, 5.41) is 7.32. The van der Waals surface area contributed by atoms with Crippen molar-refractivity contribution in [2.24, 2.45) is 5.73 Å². The van der Waals surface area contributed by atoms with Gasteiger partial charge in [0.25, 0.3) is 0 Å². The normalized spacial score (nSPS) is 10.3. The van der Waals surface area contributed by atoms with Crippen LogP contribution in [0.25, 0.3) is 0 Å². The average molecular weight is 226 g/mol. The molecule has 0 saturated carbocycles. The van der Waals surface area contributed by atoms with E-state index in [1.807, 2.05) is 0 Å². The Labute approximate surface area is 93.6 Å². The molecule has 1 aromatic carbocycles. The van der Waals surface area contributed by atoms with E-state index in [4.69, 9.17) is 11.1 Å². The largest absolute Gasteiger partial charge is 0.384 e. The summed E-state index contributed by atoms with van der Waals surface area (Å²) in [4.78, 5) is 0.760. The Bertz CT molecular complexity index is 352. The molecule has 0 spiro atoms. The van der Waals surface area contributed by atoms with Crippen LogP contribution in [-0.4, -0.2) is 11.6 Å². The molecule has 0 unspecified atom stereocenters. The summed E-state index contributed by atoms with van der Waals surface area (Å²) >= 11 is 1.55. The lowest BCUT2D eigenvalue weighted by atomic mass is 10.2. The summed E-state index contributed by atoms with van der Waals surface area (Å²) in [6.45, 7) is 2.11. The Morgan fingerprint density at radius 2 is 2.27 bits per heavy atom. The van der Waals surface area contributed by atoms with Gasteiger partial charge in [0, 0.05) is 4.90 Å². The standard InChI is InChI=1S/C11H15FN2S/c1-2-3-7-15-9-6-4-5-8(12)10(9)11(13)14/h4-6H,2-3,7H2,1H3,(H3,13,14). The van der Waals surface area contributed by atoms with E-state index in [0.29, 0.717) is 0 Å². The smallest absolute Gasteiger partial charge is 0.135 e. The molecular formula is C11H15FN2S. The third kappa shape index (κ3) is 3.23. The predicted molar refractivity (Wildman–Crippen MR) is 63.0 cm³/mol. The number of unbranched alkanes of at least 4 members (excludes halogenated alkanes) is 1. The van der Waals surface area contributed by atoms with E-state index in [1.165, 1.54) is 6.07 Å². The third-order valence-corrected chi connectivity index (χ3v) is 3.14. The molecule has 1 rings (SSSR count). The molecule has 0 heterocycles. The first-order chi connectivity index (χ1) is 7.16. The summed E-state index contributed by atoms with van der Waals surface area (Å²) in [5.74, 6) is 0.316. The van der Waals surface area contributed by atoms with Gasteiger partial charge in [0.2, 0.25) is 0 Å². The Kier molecular flexibility index (Phi) is 4.62. The molecule has 0 aliphatic carbocycles. The lowest BCUT2D eigenvalue weighted by Crippen LogP contribution is -2.14. The van der Waals surface area contributed by atoms with Crippen LogP contribution >= 0.6 is 11.8 Å². The molecule has 0 aliphatic rings. The van der Waals surface area contributed by atoms with E-state index in [9.17, 15) is 4.39 Å². The summed E-state index contributed by atoms with van der Waals surface area (Å²) in [6.07, 6.45) is 2.19. The van der Waals surface area contributed by atoms with E-state index in [1.54, 1.807) is 23.9 Å². The van der Waals surface area contributed by atoms with Crippen LogP contribution in [0.5, 0.6) is 0 Å². The number of benzene rings is 1. The second-order valence-electron chi connectivity index (χ2n) is 3.23. The summed E-state index contributed by atoms with van der Waals surface area (Å²) < 4.78 is 13.4. The molecule has 0 amide bonds. The van der Waals surface area contributed by atoms with Crippen molar-refractivity contribution in [3.8, 4) is 0 Å². The Hall–Kier alpha value is -1.03. The summed E-state index contributed by atoms with van der Waals surface area (Å²) in [5.41, 5.74) is 5.58. The lowest BCUT2D eigenvalue weighted by Gasteiger charge is -2.08. The van der Waals surface area contributed by atoms with Gasteiger partial charge >= 0.3 is 0 Å². The monoisotopic (exact) mass is 226 g/mol. The zero-order valence-electron chi connectivity index (χ0n) is 8.72. The van der Waals surface area contributed by atoms with Gasteiger partial charge in [0.1, 0.15) is 11.7 Å². The highest BCUT2D eigenvalue weighted by Gasteiger charge is 2.10. The first-order valence-electron chi connectivity index (χ1n) is 4.92. The molecule has 0 fully saturated rings. The van der Waals surface area contributed by atoms with E-state index in [2.05, 4.69) is 6.92 Å². The molecule has 82 valence electrons. The minimum absolute atomic E-state index is 0.202. The third-order valence-electron chi connectivity index (χ3n) is 2.00. The van der Waals surface area contributed by atoms with Crippen LogP contribution in [0.15, 0.2) is 23.1 Å². The highest BCUT2D eigenvalue weighted by atomic mass is 32.2. The van der Waals surface area contributed by atoms with Crippen molar-refractivity contribution in [3.63, 3.8) is 0 Å². The van der Waals surface area contributed by atoms with Gasteiger partial charge in [0.05, 0.1) is 5.56 Å². The molecule has 4 heteroatoms. The highest BCUT2D eigenvalue weighted by molar-refractivity contribution is 7.99. The second kappa shape index (κ2) is 5.75. The molecule has 0 aromatic heterocycles. The van der Waals surface area contributed by atoms with Gasteiger partial charge in [-0.2, -0.15) is 0 Å². The van der Waals surface area contributed by atoms with Crippen molar-refractivity contribution in [2.45, 2.75) is 24.7 Å². The molecule has 2 nitrogen and oxygen atoms in total. The van der Waals surface area contributed by atoms with Crippen LogP contribution < -0.4 is 5.73 Å². The zero-order chi connectivity index (χ0) is 11.3. The molecule has 0 aliphatic heterocycles. The second-order valence-corrected chi connectivity index (χ2v) is 4.37. The molecule has 3 N–H and O–H groups in total. The van der Waals surface area contributed by atoms with Crippen LogP contribution in [0, 0.1) is 11.2 Å². The number of rotatable bonds is 5. The number of nitrogens with two attached hydrogens (primary N) is 1. The topological polar surface area (TPSA) is 49.9 Å². The van der Waals surface area contributed by atoms with Gasteiger partial charge < -0.3 is 5.73 Å². The minimum atomic E-state index is -0.413. The van der Waals surface area contributed by atoms with Crippen molar-refractivity contribution in [1.82, 2.24) is 0 Å². The summed E-state index contributed by atoms with van der Waals surface area (Å²) in [7, 11) is 0. The first-order valence-corrected chi connectivity index (χ1v) is 5.91. The fourth-order valence-electron chi connectivity index (χ4n) is 1.21. The summed E-state index contributed by atoms with van der Waals surface area (Å²) in [6, 6.07) is 4.79. The number of thioether (sulfide) groups is 1. The molecular weight excluding hydrogens is 211 g/mol. The molecule has 15 heavy (non-hydrogen) atoms. The minimum Gasteiger partial charge on any atom is -0.384 e. The first kappa shape index (κ1) is 12.0. The Morgan fingerprint density at radius 1 is 1.53 bits per heavy atom. The van der Waals surface area contributed by atoms with Crippen molar-refractivity contribution in [3.05, 3.63) is 29.6 Å². The molecule has 0 bridgehead atoms. The van der Waals surface area contributed by atoms with E-state index < -0.39 is 5.82 Å². The molecule has 1 aromatic rings. The van der Waals surface area contributed by atoms with Gasteiger partial charge in [-0.05, 0) is 24.3 Å². The number of hydrogen-bond acceptors (Lipinski definition) is 2. The van der Waals surface area contributed by atoms with Crippen LogP contribution in [0.1, 0.15) is 25.3 Å². The van der Waals surface area contributed by atoms with Crippen LogP contribution in [0.2, 0.25) is 0 Å². The van der Waals surface area contributed by atoms with Gasteiger partial charge in [0.15, 0.2) is 0 Å². The maximum Gasteiger partial charge on any atom is 0.135 e. The Morgan fingerprint density at radius 3 is 2.87 bits per heavy atom. The zero-order valence-corrected chi connectivity index (χ0v) is 9.53. The number of nitrogens with one attached hydrogen (secondary N) is 1. The van der Waals surface area contributed by atoms with Gasteiger partial charge in [-0.3, -0.25) is 5.41 Å². The van der Waals surface area contributed by atoms with Crippen LogP contribution in [0.4, 0.5) is 4.39 Å². The fourth-order valence-corrected chi connectivity index (χ4v) is 2.39. The Balaban J connectivity index is 2.86. The van der Waals surface area contributed by atoms with E-state index in [0.717, 1.165) is 23.5 Å². The fraction of sp³-hybridized carbons (Fsp3) is 0.364. The van der Waals surface area contributed by atoms with Crippen molar-refractivity contribution < 1.29 is 4.39 Å². The number of nitrogen functional groups attached to an aromatic ring is 1. The maximum atomic E-state index is 13.4. The van der Waals surface area contributed by atoms with E-state index in [-0.39, 0.29) is 11.4 Å². The molecule has 0 atom stereocenters. The lowest BCUT2D eigenvalue weighted by molar-refractivity contribution is 0.621. The average Bonchev–Trinajstić information content (AvgIpc) is 2.17. The maximum absolute atomic E-state index is 13.4. The van der Waals surface area contributed by atoms with Crippen LogP contribution in [-0.2, 0) is 0 Å². The van der Waals surface area contributed by atoms with Crippen molar-refractivity contribution in [1.29, 1.82) is 5.41 Å². The SMILES string of the molecule is CCCCSc1cccc(F)c1C(=N)N. The van der Waals surface area contributed by atoms with Gasteiger partial charge in [-0.25, -0.2) is 4.39 Å². The highest BCUT2D eigenvalue weighted by Crippen LogP contribution is 2.25. The number of hydrogen-bond donors (Lipinski definition) is 2. The number of halogens is 1. The van der Waals surface area contributed by atoms with Crippen molar-refractivity contribution >= 4 is 17.6 Å². The van der Waals surface area contributed by atoms with Gasteiger partial charge in [-0.1, -0.05) is 19.4 Å². The molecule has 0 radical (unpaired) electrons. The van der Waals surface area contributed by atoms with E-state index >= 15 is 0 Å². The predicted octanol–water partition coefficient (Wildman–Crippen LogP) is 3.00. The molecule has 0 saturated heterocycles.